The monoisotopic (exact) mass is 466 g/mol. The van der Waals surface area contributed by atoms with Crippen LogP contribution < -0.4 is 15.6 Å². The van der Waals surface area contributed by atoms with Gasteiger partial charge in [-0.3, -0.25) is 9.59 Å². The van der Waals surface area contributed by atoms with Crippen LogP contribution in [0.15, 0.2) is 77.6 Å². The Morgan fingerprint density at radius 2 is 1.69 bits per heavy atom. The molecule has 5 nitrogen and oxygen atoms in total. The van der Waals surface area contributed by atoms with Crippen molar-refractivity contribution in [2.75, 3.05) is 13.7 Å². The number of pyridine rings is 1. The van der Waals surface area contributed by atoms with Gasteiger partial charge in [0.15, 0.2) is 0 Å². The van der Waals surface area contributed by atoms with E-state index < -0.39 is 0 Å². The summed E-state index contributed by atoms with van der Waals surface area (Å²) in [6.07, 6.45) is 4.95. The normalized spacial score (nSPS) is 12.5. The second kappa shape index (κ2) is 10.2. The molecule has 0 saturated heterocycles. The van der Waals surface area contributed by atoms with Crippen LogP contribution in [0, 0.1) is 0 Å². The molecule has 0 bridgehead atoms. The van der Waals surface area contributed by atoms with Gasteiger partial charge in [0.25, 0.3) is 11.5 Å². The molecule has 35 heavy (non-hydrogen) atoms. The van der Waals surface area contributed by atoms with Crippen molar-refractivity contribution < 1.29 is 9.53 Å². The number of amides is 1. The van der Waals surface area contributed by atoms with Crippen LogP contribution >= 0.6 is 0 Å². The number of nitrogens with zero attached hydrogens (tertiary/aromatic N) is 1. The number of aryl methyl sites for hydroxylation is 4. The highest BCUT2D eigenvalue weighted by Crippen LogP contribution is 2.23. The summed E-state index contributed by atoms with van der Waals surface area (Å²) in [5.41, 5.74) is 6.01. The van der Waals surface area contributed by atoms with E-state index in [4.69, 9.17) is 4.74 Å². The lowest BCUT2D eigenvalue weighted by Crippen LogP contribution is -2.34. The van der Waals surface area contributed by atoms with Crippen LogP contribution in [0.1, 0.15) is 39.0 Å². The first kappa shape index (κ1) is 22.9. The van der Waals surface area contributed by atoms with Crippen molar-refractivity contribution in [3.05, 3.63) is 111 Å². The smallest absolute Gasteiger partial charge is 0.263 e. The van der Waals surface area contributed by atoms with E-state index in [1.54, 1.807) is 17.7 Å². The van der Waals surface area contributed by atoms with Crippen molar-refractivity contribution in [3.8, 4) is 5.75 Å². The third-order valence-corrected chi connectivity index (χ3v) is 6.89. The molecule has 178 valence electrons. The summed E-state index contributed by atoms with van der Waals surface area (Å²) in [5.74, 6) is 0.468. The largest absolute Gasteiger partial charge is 0.497 e. The molecule has 1 heterocycles. The molecule has 0 aliphatic heterocycles. The molecular formula is C30H30N2O3. The van der Waals surface area contributed by atoms with Crippen LogP contribution in [0.5, 0.6) is 5.75 Å². The van der Waals surface area contributed by atoms with Gasteiger partial charge in [-0.05, 0) is 84.0 Å². The minimum Gasteiger partial charge on any atom is -0.497 e. The highest BCUT2D eigenvalue weighted by atomic mass is 16.5. The van der Waals surface area contributed by atoms with E-state index >= 15 is 0 Å². The minimum atomic E-state index is -0.333. The zero-order valence-corrected chi connectivity index (χ0v) is 20.0. The van der Waals surface area contributed by atoms with Crippen LogP contribution in [-0.4, -0.2) is 24.1 Å². The molecule has 1 aliphatic rings. The molecule has 1 N–H and O–H groups in total. The van der Waals surface area contributed by atoms with E-state index in [0.717, 1.165) is 41.5 Å². The lowest BCUT2D eigenvalue weighted by Gasteiger charge is -2.14. The van der Waals surface area contributed by atoms with E-state index in [1.807, 2.05) is 48.5 Å². The molecule has 1 amide bonds. The maximum absolute atomic E-state index is 13.4. The molecule has 5 rings (SSSR count). The van der Waals surface area contributed by atoms with Gasteiger partial charge in [-0.1, -0.05) is 48.5 Å². The Morgan fingerprint density at radius 3 is 2.51 bits per heavy atom. The second-order valence-electron chi connectivity index (χ2n) is 9.13. The molecule has 5 heteroatoms. The number of hydrogen-bond acceptors (Lipinski definition) is 3. The first-order valence-electron chi connectivity index (χ1n) is 12.3. The summed E-state index contributed by atoms with van der Waals surface area (Å²) in [7, 11) is 1.64. The summed E-state index contributed by atoms with van der Waals surface area (Å²) in [5, 5.41) is 3.82. The van der Waals surface area contributed by atoms with Crippen LogP contribution in [0.25, 0.3) is 10.9 Å². The molecule has 3 aromatic carbocycles. The summed E-state index contributed by atoms with van der Waals surface area (Å²) in [6, 6.07) is 23.9. The molecule has 1 aliphatic carbocycles. The minimum absolute atomic E-state index is 0.187. The van der Waals surface area contributed by atoms with E-state index in [2.05, 4.69) is 23.5 Å². The van der Waals surface area contributed by atoms with E-state index in [1.165, 1.54) is 23.1 Å². The maximum Gasteiger partial charge on any atom is 0.263 e. The van der Waals surface area contributed by atoms with Crippen molar-refractivity contribution in [1.82, 2.24) is 9.88 Å². The number of fused-ring (bicyclic) bond motifs is 2. The fourth-order valence-corrected chi connectivity index (χ4v) is 4.94. The summed E-state index contributed by atoms with van der Waals surface area (Å²) < 4.78 is 6.94. The van der Waals surface area contributed by atoms with Gasteiger partial charge in [-0.15, -0.1) is 0 Å². The molecule has 0 fully saturated rings. The third-order valence-electron chi connectivity index (χ3n) is 6.89. The quantitative estimate of drug-likeness (QED) is 0.409. The third kappa shape index (κ3) is 4.99. The Balaban J connectivity index is 1.34. The number of hydrogen-bond donors (Lipinski definition) is 1. The van der Waals surface area contributed by atoms with Gasteiger partial charge in [0.2, 0.25) is 0 Å². The van der Waals surface area contributed by atoms with Crippen molar-refractivity contribution in [2.45, 2.75) is 38.6 Å². The number of ether oxygens (including phenoxy) is 1. The van der Waals surface area contributed by atoms with Crippen molar-refractivity contribution in [1.29, 1.82) is 0 Å². The van der Waals surface area contributed by atoms with E-state index in [9.17, 15) is 9.59 Å². The number of para-hydroxylation sites is 1. The predicted molar refractivity (Wildman–Crippen MR) is 139 cm³/mol. The molecule has 1 aromatic heterocycles. The van der Waals surface area contributed by atoms with Crippen molar-refractivity contribution in [2.24, 2.45) is 0 Å². The standard InChI is InChI=1S/C30H30N2O3/c1-35-26-13-10-21(11-14-26)15-17-31-29(33)27-20-25-5-2-3-8-28(25)32(30(27)34)18-16-22-9-12-23-6-4-7-24(23)19-22/h2-3,5,8-14,19-20H,4,6-7,15-18H2,1H3,(H,31,33). The molecule has 0 radical (unpaired) electrons. The number of benzene rings is 3. The number of nitrogens with one attached hydrogen (secondary N) is 1. The van der Waals surface area contributed by atoms with Crippen molar-refractivity contribution >= 4 is 16.8 Å². The van der Waals surface area contributed by atoms with E-state index in [0.29, 0.717) is 19.5 Å². The highest BCUT2D eigenvalue weighted by molar-refractivity contribution is 5.97. The molecular weight excluding hydrogens is 436 g/mol. The average molecular weight is 467 g/mol. The summed E-state index contributed by atoms with van der Waals surface area (Å²) in [4.78, 5) is 26.4. The number of methoxy groups -OCH3 is 1. The molecule has 4 aromatic rings. The topological polar surface area (TPSA) is 60.3 Å². The van der Waals surface area contributed by atoms with Crippen LogP contribution in [0.3, 0.4) is 0 Å². The van der Waals surface area contributed by atoms with Crippen LogP contribution in [0.2, 0.25) is 0 Å². The van der Waals surface area contributed by atoms with Crippen LogP contribution in [-0.2, 0) is 32.2 Å². The zero-order valence-electron chi connectivity index (χ0n) is 20.0. The molecule has 0 atom stereocenters. The predicted octanol–water partition coefficient (Wildman–Crippen LogP) is 4.71. The Bertz CT molecular complexity index is 1420. The molecule has 0 spiro atoms. The fraction of sp³-hybridized carbons (Fsp3) is 0.267. The number of carbonyl (C=O) groups excluding carboxylic acids is 1. The zero-order chi connectivity index (χ0) is 24.2. The lowest BCUT2D eigenvalue weighted by molar-refractivity contribution is 0.0952. The SMILES string of the molecule is COc1ccc(CCNC(=O)c2cc3ccccc3n(CCc3ccc4c(c3)CCC4)c2=O)cc1. The number of aromatic nitrogens is 1. The number of carbonyl (C=O) groups is 1. The Labute approximate surface area is 205 Å². The first-order chi connectivity index (χ1) is 17.1. The van der Waals surface area contributed by atoms with Gasteiger partial charge in [0.1, 0.15) is 11.3 Å². The fourth-order valence-electron chi connectivity index (χ4n) is 4.94. The maximum atomic E-state index is 13.4. The summed E-state index contributed by atoms with van der Waals surface area (Å²) in [6.45, 7) is 0.984. The Morgan fingerprint density at radius 1 is 0.914 bits per heavy atom. The van der Waals surface area contributed by atoms with Crippen LogP contribution in [0.4, 0.5) is 0 Å². The van der Waals surface area contributed by atoms with Crippen molar-refractivity contribution in [3.63, 3.8) is 0 Å². The van der Waals surface area contributed by atoms with Gasteiger partial charge in [-0.25, -0.2) is 0 Å². The Kier molecular flexibility index (Phi) is 6.66. The van der Waals surface area contributed by atoms with Gasteiger partial charge in [0.05, 0.1) is 12.6 Å². The average Bonchev–Trinajstić information content (AvgIpc) is 3.36. The highest BCUT2D eigenvalue weighted by Gasteiger charge is 2.16. The van der Waals surface area contributed by atoms with Gasteiger partial charge >= 0.3 is 0 Å². The number of rotatable bonds is 8. The first-order valence-corrected chi connectivity index (χ1v) is 12.3. The van der Waals surface area contributed by atoms with Gasteiger partial charge in [0, 0.05) is 13.1 Å². The molecule has 0 unspecified atom stereocenters. The van der Waals surface area contributed by atoms with Gasteiger partial charge in [-0.2, -0.15) is 0 Å². The summed E-state index contributed by atoms with van der Waals surface area (Å²) >= 11 is 0. The second-order valence-corrected chi connectivity index (χ2v) is 9.13. The molecule has 0 saturated carbocycles. The van der Waals surface area contributed by atoms with E-state index in [-0.39, 0.29) is 17.0 Å². The lowest BCUT2D eigenvalue weighted by atomic mass is 10.0. The Hall–Kier alpha value is -3.86. The van der Waals surface area contributed by atoms with Gasteiger partial charge < -0.3 is 14.6 Å².